The van der Waals surface area contributed by atoms with Gasteiger partial charge in [-0.1, -0.05) is 29.8 Å². The smallest absolute Gasteiger partial charge is 0.121 e. The zero-order valence-corrected chi connectivity index (χ0v) is 8.33. The molecule has 2 rings (SSSR count). The van der Waals surface area contributed by atoms with E-state index in [1.165, 1.54) is 18.4 Å². The molecular weight excluding hydrogens is 172 g/mol. The van der Waals surface area contributed by atoms with Crippen LogP contribution < -0.4 is 5.32 Å². The van der Waals surface area contributed by atoms with Crippen molar-refractivity contribution in [2.45, 2.75) is 31.8 Å². The molecule has 0 heterocycles. The van der Waals surface area contributed by atoms with Crippen molar-refractivity contribution in [3.8, 4) is 6.07 Å². The maximum absolute atomic E-state index is 9.03. The fourth-order valence-corrected chi connectivity index (χ4v) is 1.54. The van der Waals surface area contributed by atoms with E-state index in [0.717, 1.165) is 5.56 Å². The van der Waals surface area contributed by atoms with E-state index in [2.05, 4.69) is 30.4 Å². The fourth-order valence-electron chi connectivity index (χ4n) is 1.54. The Bertz CT molecular complexity index is 361. The molecule has 1 aromatic carbocycles. The lowest BCUT2D eigenvalue weighted by Crippen LogP contribution is -2.21. The molecule has 72 valence electrons. The Labute approximate surface area is 84.6 Å². The van der Waals surface area contributed by atoms with Gasteiger partial charge in [-0.25, -0.2) is 0 Å². The molecule has 0 spiro atoms. The van der Waals surface area contributed by atoms with E-state index in [9.17, 15) is 0 Å². The first-order valence-corrected chi connectivity index (χ1v) is 5.02. The lowest BCUT2D eigenvalue weighted by Gasteiger charge is -2.11. The molecule has 0 bridgehead atoms. The molecule has 1 atom stereocenters. The van der Waals surface area contributed by atoms with Crippen LogP contribution in [0, 0.1) is 18.3 Å². The van der Waals surface area contributed by atoms with Gasteiger partial charge in [0.1, 0.15) is 6.04 Å². The van der Waals surface area contributed by atoms with Crippen LogP contribution in [0.15, 0.2) is 24.3 Å². The third-order valence-electron chi connectivity index (χ3n) is 2.48. The molecule has 0 aliphatic heterocycles. The highest BCUT2D eigenvalue weighted by Crippen LogP contribution is 2.24. The Morgan fingerprint density at radius 3 is 2.86 bits per heavy atom. The largest absolute Gasteiger partial charge is 0.295 e. The summed E-state index contributed by atoms with van der Waals surface area (Å²) in [5.41, 5.74) is 2.29. The van der Waals surface area contributed by atoms with Gasteiger partial charge in [0, 0.05) is 6.04 Å². The molecule has 0 amide bonds. The van der Waals surface area contributed by atoms with Crippen LogP contribution in [0.3, 0.4) is 0 Å². The van der Waals surface area contributed by atoms with Crippen molar-refractivity contribution in [3.63, 3.8) is 0 Å². The van der Waals surface area contributed by atoms with Crippen LogP contribution in [0.5, 0.6) is 0 Å². The van der Waals surface area contributed by atoms with E-state index in [-0.39, 0.29) is 6.04 Å². The van der Waals surface area contributed by atoms with Crippen LogP contribution in [0.4, 0.5) is 0 Å². The summed E-state index contributed by atoms with van der Waals surface area (Å²) in [6.07, 6.45) is 2.42. The molecular formula is C12H14N2. The SMILES string of the molecule is Cc1cccc(C(C#N)NC2CC2)c1. The van der Waals surface area contributed by atoms with Gasteiger partial charge in [-0.2, -0.15) is 5.26 Å². The van der Waals surface area contributed by atoms with Crippen LogP contribution in [0.2, 0.25) is 0 Å². The number of nitriles is 1. The standard InChI is InChI=1S/C12H14N2/c1-9-3-2-4-10(7-9)12(8-13)14-11-5-6-11/h2-4,7,11-12,14H,5-6H2,1H3. The Morgan fingerprint density at radius 1 is 1.50 bits per heavy atom. The third-order valence-corrected chi connectivity index (χ3v) is 2.48. The predicted octanol–water partition coefficient (Wildman–Crippen LogP) is 2.31. The summed E-state index contributed by atoms with van der Waals surface area (Å²) >= 11 is 0. The first kappa shape index (κ1) is 9.23. The summed E-state index contributed by atoms with van der Waals surface area (Å²) < 4.78 is 0. The number of nitrogens with one attached hydrogen (secondary N) is 1. The van der Waals surface area contributed by atoms with Crippen molar-refractivity contribution in [2.24, 2.45) is 0 Å². The highest BCUT2D eigenvalue weighted by Gasteiger charge is 2.25. The van der Waals surface area contributed by atoms with Gasteiger partial charge in [0.2, 0.25) is 0 Å². The van der Waals surface area contributed by atoms with Crippen LogP contribution >= 0.6 is 0 Å². The molecule has 1 N–H and O–H groups in total. The van der Waals surface area contributed by atoms with Crippen LogP contribution in [0.25, 0.3) is 0 Å². The number of hydrogen-bond acceptors (Lipinski definition) is 2. The molecule has 14 heavy (non-hydrogen) atoms. The highest BCUT2D eigenvalue weighted by atomic mass is 15.0. The molecule has 1 unspecified atom stereocenters. The summed E-state index contributed by atoms with van der Waals surface area (Å²) in [4.78, 5) is 0. The van der Waals surface area contributed by atoms with Gasteiger partial charge in [0.15, 0.2) is 0 Å². The van der Waals surface area contributed by atoms with Gasteiger partial charge >= 0.3 is 0 Å². The van der Waals surface area contributed by atoms with E-state index in [1.54, 1.807) is 0 Å². The summed E-state index contributed by atoms with van der Waals surface area (Å²) in [5, 5.41) is 12.4. The van der Waals surface area contributed by atoms with Gasteiger partial charge in [0.05, 0.1) is 6.07 Å². The zero-order chi connectivity index (χ0) is 9.97. The van der Waals surface area contributed by atoms with Crippen LogP contribution in [0.1, 0.15) is 30.0 Å². The lowest BCUT2D eigenvalue weighted by molar-refractivity contribution is 0.625. The second kappa shape index (κ2) is 3.81. The van der Waals surface area contributed by atoms with Crippen molar-refractivity contribution >= 4 is 0 Å². The third kappa shape index (κ3) is 2.12. The van der Waals surface area contributed by atoms with E-state index in [0.29, 0.717) is 6.04 Å². The topological polar surface area (TPSA) is 35.8 Å². The van der Waals surface area contributed by atoms with Gasteiger partial charge in [-0.3, -0.25) is 5.32 Å². The van der Waals surface area contributed by atoms with E-state index in [4.69, 9.17) is 5.26 Å². The summed E-state index contributed by atoms with van der Waals surface area (Å²) in [6, 6.07) is 10.9. The summed E-state index contributed by atoms with van der Waals surface area (Å²) in [5.74, 6) is 0. The number of hydrogen-bond donors (Lipinski definition) is 1. The number of aryl methyl sites for hydroxylation is 1. The Morgan fingerprint density at radius 2 is 2.29 bits per heavy atom. The maximum atomic E-state index is 9.03. The highest BCUT2D eigenvalue weighted by molar-refractivity contribution is 5.28. The molecule has 1 saturated carbocycles. The average molecular weight is 186 g/mol. The minimum absolute atomic E-state index is 0.137. The summed E-state index contributed by atoms with van der Waals surface area (Å²) in [7, 11) is 0. The van der Waals surface area contributed by atoms with Crippen molar-refractivity contribution in [3.05, 3.63) is 35.4 Å². The average Bonchev–Trinajstić information content (AvgIpc) is 2.98. The second-order valence-corrected chi connectivity index (χ2v) is 3.92. The molecule has 1 fully saturated rings. The van der Waals surface area contributed by atoms with E-state index >= 15 is 0 Å². The molecule has 2 heteroatoms. The van der Waals surface area contributed by atoms with Crippen molar-refractivity contribution < 1.29 is 0 Å². The van der Waals surface area contributed by atoms with Gasteiger partial charge in [0.25, 0.3) is 0 Å². The van der Waals surface area contributed by atoms with Crippen molar-refractivity contribution in [1.29, 1.82) is 5.26 Å². The Hall–Kier alpha value is -1.33. The minimum atomic E-state index is -0.137. The van der Waals surface area contributed by atoms with Crippen molar-refractivity contribution in [1.82, 2.24) is 5.32 Å². The van der Waals surface area contributed by atoms with Crippen LogP contribution in [-0.2, 0) is 0 Å². The second-order valence-electron chi connectivity index (χ2n) is 3.92. The first-order chi connectivity index (χ1) is 6.79. The molecule has 0 saturated heterocycles. The van der Waals surface area contributed by atoms with E-state index in [1.807, 2.05) is 12.1 Å². The number of nitrogens with zero attached hydrogens (tertiary/aromatic N) is 1. The first-order valence-electron chi connectivity index (χ1n) is 5.02. The van der Waals surface area contributed by atoms with E-state index < -0.39 is 0 Å². The molecule has 2 nitrogen and oxygen atoms in total. The van der Waals surface area contributed by atoms with Crippen molar-refractivity contribution in [2.75, 3.05) is 0 Å². The number of rotatable bonds is 3. The van der Waals surface area contributed by atoms with Gasteiger partial charge in [-0.15, -0.1) is 0 Å². The quantitative estimate of drug-likeness (QED) is 0.786. The van der Waals surface area contributed by atoms with Gasteiger partial charge < -0.3 is 0 Å². The zero-order valence-electron chi connectivity index (χ0n) is 8.33. The lowest BCUT2D eigenvalue weighted by atomic mass is 10.1. The minimum Gasteiger partial charge on any atom is -0.295 e. The monoisotopic (exact) mass is 186 g/mol. The predicted molar refractivity (Wildman–Crippen MR) is 55.7 cm³/mol. The number of benzene rings is 1. The Balaban J connectivity index is 2.14. The molecule has 1 aliphatic carbocycles. The molecule has 0 aromatic heterocycles. The molecule has 0 radical (unpaired) electrons. The normalized spacial score (nSPS) is 17.4. The molecule has 1 aromatic rings. The van der Waals surface area contributed by atoms with Gasteiger partial charge in [-0.05, 0) is 25.3 Å². The van der Waals surface area contributed by atoms with Crippen LogP contribution in [-0.4, -0.2) is 6.04 Å². The fraction of sp³-hybridized carbons (Fsp3) is 0.417. The Kier molecular flexibility index (Phi) is 2.51. The molecule has 1 aliphatic rings. The maximum Gasteiger partial charge on any atom is 0.121 e. The summed E-state index contributed by atoms with van der Waals surface area (Å²) in [6.45, 7) is 2.05.